The highest BCUT2D eigenvalue weighted by atomic mass is 32.2. The number of hydrogen-bond acceptors (Lipinski definition) is 3. The molecule has 2 rings (SSSR count). The lowest BCUT2D eigenvalue weighted by molar-refractivity contribution is -0.0499. The van der Waals surface area contributed by atoms with Crippen LogP contribution in [0.2, 0.25) is 0 Å². The average Bonchev–Trinajstić information content (AvgIpc) is 2.31. The Labute approximate surface area is 114 Å². The Balaban J connectivity index is 2.67. The number of hydrogen-bond donors (Lipinski definition) is 0. The maximum Gasteiger partial charge on any atom is 0.534 e. The van der Waals surface area contributed by atoms with Crippen LogP contribution in [0.1, 0.15) is 11.1 Å². The predicted molar refractivity (Wildman–Crippen MR) is 69.0 cm³/mol. The molecule has 20 heavy (non-hydrogen) atoms. The quantitative estimate of drug-likeness (QED) is 0.628. The first kappa shape index (κ1) is 14.6. The highest BCUT2D eigenvalue weighted by Gasteiger charge is 2.48. The molecule has 0 fully saturated rings. The number of halogens is 3. The van der Waals surface area contributed by atoms with Gasteiger partial charge >= 0.3 is 15.6 Å². The number of fused-ring (bicyclic) bond motifs is 1. The van der Waals surface area contributed by atoms with E-state index in [1.807, 2.05) is 0 Å². The predicted octanol–water partition coefficient (Wildman–Crippen LogP) is 3.69. The second kappa shape index (κ2) is 4.66. The van der Waals surface area contributed by atoms with Gasteiger partial charge in [0.1, 0.15) is 0 Å². The van der Waals surface area contributed by atoms with Gasteiger partial charge in [0, 0.05) is 5.39 Å². The van der Waals surface area contributed by atoms with Crippen molar-refractivity contribution in [3.63, 3.8) is 0 Å². The summed E-state index contributed by atoms with van der Waals surface area (Å²) in [5, 5.41) is 0.975. The van der Waals surface area contributed by atoms with Gasteiger partial charge in [0.25, 0.3) is 0 Å². The first-order chi connectivity index (χ1) is 9.13. The smallest absolute Gasteiger partial charge is 0.375 e. The van der Waals surface area contributed by atoms with Crippen LogP contribution in [0.5, 0.6) is 5.75 Å². The van der Waals surface area contributed by atoms with Crippen molar-refractivity contribution in [3.05, 3.63) is 41.5 Å². The van der Waals surface area contributed by atoms with Crippen molar-refractivity contribution in [3.8, 4) is 5.75 Å². The maximum absolute atomic E-state index is 12.4. The minimum Gasteiger partial charge on any atom is -0.375 e. The molecule has 0 bridgehead atoms. The molecule has 0 aliphatic rings. The van der Waals surface area contributed by atoms with Gasteiger partial charge in [0.05, 0.1) is 0 Å². The Hall–Kier alpha value is -1.76. The molecule has 2 aromatic carbocycles. The Bertz CT molecular complexity index is 764. The SMILES string of the molecule is Cc1ccc2c(C)cccc2c1OS(=O)(=O)C(F)(F)F. The van der Waals surface area contributed by atoms with Crippen LogP contribution in [0.25, 0.3) is 10.8 Å². The molecular formula is C13H11F3O3S. The van der Waals surface area contributed by atoms with Crippen molar-refractivity contribution in [2.24, 2.45) is 0 Å². The number of rotatable bonds is 2. The number of alkyl halides is 3. The molecule has 0 heterocycles. The van der Waals surface area contributed by atoms with Crippen molar-refractivity contribution in [2.45, 2.75) is 19.4 Å². The Morgan fingerprint density at radius 3 is 2.20 bits per heavy atom. The van der Waals surface area contributed by atoms with Gasteiger partial charge < -0.3 is 4.18 Å². The van der Waals surface area contributed by atoms with Gasteiger partial charge in [-0.15, -0.1) is 0 Å². The van der Waals surface area contributed by atoms with Crippen LogP contribution < -0.4 is 4.18 Å². The molecule has 0 aliphatic heterocycles. The molecule has 0 aromatic heterocycles. The van der Waals surface area contributed by atoms with Crippen molar-refractivity contribution in [1.82, 2.24) is 0 Å². The summed E-state index contributed by atoms with van der Waals surface area (Å²) in [5.41, 5.74) is -4.32. The average molecular weight is 304 g/mol. The number of benzene rings is 2. The number of aryl methyl sites for hydroxylation is 2. The van der Waals surface area contributed by atoms with Crippen LogP contribution in [-0.4, -0.2) is 13.9 Å². The topological polar surface area (TPSA) is 43.4 Å². The van der Waals surface area contributed by atoms with Crippen LogP contribution in [0.4, 0.5) is 13.2 Å². The molecule has 0 saturated heterocycles. The molecule has 7 heteroatoms. The van der Waals surface area contributed by atoms with Gasteiger partial charge in [-0.2, -0.15) is 21.6 Å². The monoisotopic (exact) mass is 304 g/mol. The molecule has 0 saturated carbocycles. The standard InChI is InChI=1S/C13H11F3O3S/c1-8-4-3-5-11-10(8)7-6-9(2)12(11)19-20(17,18)13(14,15)16/h3-7H,1-2H3. The van der Waals surface area contributed by atoms with Crippen molar-refractivity contribution in [2.75, 3.05) is 0 Å². The lowest BCUT2D eigenvalue weighted by Crippen LogP contribution is -2.28. The van der Waals surface area contributed by atoms with Crippen molar-refractivity contribution in [1.29, 1.82) is 0 Å². The summed E-state index contributed by atoms with van der Waals surface area (Å²) in [7, 11) is -5.68. The molecule has 108 valence electrons. The van der Waals surface area contributed by atoms with Crippen LogP contribution in [0.3, 0.4) is 0 Å². The molecule has 0 atom stereocenters. The van der Waals surface area contributed by atoms with Crippen molar-refractivity contribution < 1.29 is 25.8 Å². The fourth-order valence-electron chi connectivity index (χ4n) is 1.86. The van der Waals surface area contributed by atoms with E-state index in [4.69, 9.17) is 0 Å². The first-order valence-corrected chi connectivity index (χ1v) is 7.04. The Morgan fingerprint density at radius 2 is 1.60 bits per heavy atom. The summed E-state index contributed by atoms with van der Waals surface area (Å²) in [6.45, 7) is 3.27. The fraction of sp³-hybridized carbons (Fsp3) is 0.231. The molecule has 0 spiro atoms. The summed E-state index contributed by atoms with van der Waals surface area (Å²) in [4.78, 5) is 0. The highest BCUT2D eigenvalue weighted by molar-refractivity contribution is 7.88. The van der Waals surface area contributed by atoms with Crippen LogP contribution in [0, 0.1) is 13.8 Å². The molecule has 0 amide bonds. The molecular weight excluding hydrogens is 293 g/mol. The lowest BCUT2D eigenvalue weighted by Gasteiger charge is -2.14. The van der Waals surface area contributed by atoms with E-state index in [1.54, 1.807) is 25.1 Å². The third-order valence-electron chi connectivity index (χ3n) is 2.90. The molecule has 0 unspecified atom stereocenters. The van der Waals surface area contributed by atoms with E-state index in [2.05, 4.69) is 4.18 Å². The van der Waals surface area contributed by atoms with E-state index in [1.165, 1.54) is 19.1 Å². The van der Waals surface area contributed by atoms with Gasteiger partial charge in [-0.05, 0) is 30.4 Å². The van der Waals surface area contributed by atoms with E-state index in [9.17, 15) is 21.6 Å². The second-order valence-electron chi connectivity index (χ2n) is 4.36. The van der Waals surface area contributed by atoms with E-state index >= 15 is 0 Å². The van der Waals surface area contributed by atoms with E-state index in [0.717, 1.165) is 5.56 Å². The third-order valence-corrected chi connectivity index (χ3v) is 3.86. The summed E-state index contributed by atoms with van der Waals surface area (Å²) in [5.74, 6) is -0.288. The highest BCUT2D eigenvalue weighted by Crippen LogP contribution is 2.35. The van der Waals surface area contributed by atoms with Crippen LogP contribution >= 0.6 is 0 Å². The zero-order valence-corrected chi connectivity index (χ0v) is 11.5. The zero-order valence-electron chi connectivity index (χ0n) is 10.7. The van der Waals surface area contributed by atoms with E-state index < -0.39 is 15.6 Å². The second-order valence-corrected chi connectivity index (χ2v) is 5.90. The third kappa shape index (κ3) is 2.45. The summed E-state index contributed by atoms with van der Waals surface area (Å²) >= 11 is 0. The molecule has 0 radical (unpaired) electrons. The summed E-state index contributed by atoms with van der Waals surface area (Å²) in [6.07, 6.45) is 0. The largest absolute Gasteiger partial charge is 0.534 e. The first-order valence-electron chi connectivity index (χ1n) is 5.63. The van der Waals surface area contributed by atoms with Gasteiger partial charge in [-0.25, -0.2) is 0 Å². The van der Waals surface area contributed by atoms with Gasteiger partial charge in [-0.3, -0.25) is 0 Å². The minimum atomic E-state index is -5.68. The Morgan fingerprint density at radius 1 is 0.950 bits per heavy atom. The zero-order chi connectivity index (χ0) is 15.1. The summed E-state index contributed by atoms with van der Waals surface area (Å²) < 4.78 is 63.9. The minimum absolute atomic E-state index is 0.288. The van der Waals surface area contributed by atoms with Gasteiger partial charge in [0.2, 0.25) is 0 Å². The van der Waals surface area contributed by atoms with Gasteiger partial charge in [0.15, 0.2) is 5.75 Å². The lowest BCUT2D eigenvalue weighted by atomic mass is 10.0. The van der Waals surface area contributed by atoms with Crippen molar-refractivity contribution >= 4 is 20.9 Å². The molecule has 0 N–H and O–H groups in total. The van der Waals surface area contributed by atoms with E-state index in [0.29, 0.717) is 16.3 Å². The fourth-order valence-corrected chi connectivity index (χ4v) is 2.40. The Kier molecular flexibility index (Phi) is 3.41. The van der Waals surface area contributed by atoms with E-state index in [-0.39, 0.29) is 5.75 Å². The molecule has 3 nitrogen and oxygen atoms in total. The van der Waals surface area contributed by atoms with Gasteiger partial charge in [-0.1, -0.05) is 30.3 Å². The maximum atomic E-state index is 12.4. The van der Waals surface area contributed by atoms with Crippen LogP contribution in [0.15, 0.2) is 30.3 Å². The normalized spacial score (nSPS) is 12.7. The summed E-state index contributed by atoms with van der Waals surface area (Å²) in [6, 6.07) is 8.17. The molecule has 0 aliphatic carbocycles. The van der Waals surface area contributed by atoms with Crippen LogP contribution in [-0.2, 0) is 10.1 Å². The molecule has 2 aromatic rings.